The van der Waals surface area contributed by atoms with Gasteiger partial charge in [0.15, 0.2) is 0 Å². The first kappa shape index (κ1) is 15.9. The van der Waals surface area contributed by atoms with Crippen molar-refractivity contribution in [2.45, 2.75) is 53.0 Å². The molecule has 1 aromatic carbocycles. The van der Waals surface area contributed by atoms with E-state index in [-0.39, 0.29) is 5.91 Å². The number of carbonyl (C=O) groups is 1. The maximum Gasteiger partial charge on any atom is 0.251 e. The highest BCUT2D eigenvalue weighted by Gasteiger charge is 2.32. The van der Waals surface area contributed by atoms with Crippen molar-refractivity contribution >= 4 is 11.6 Å². The van der Waals surface area contributed by atoms with Crippen LogP contribution in [0.1, 0.15) is 56.0 Å². The van der Waals surface area contributed by atoms with Gasteiger partial charge in [-0.05, 0) is 55.2 Å². The van der Waals surface area contributed by atoms with Crippen LogP contribution < -0.4 is 10.6 Å². The molecule has 2 unspecified atom stereocenters. The lowest BCUT2D eigenvalue weighted by Crippen LogP contribution is -2.35. The molecule has 116 valence electrons. The Morgan fingerprint density at radius 3 is 2.62 bits per heavy atom. The van der Waals surface area contributed by atoms with E-state index in [1.807, 2.05) is 19.1 Å². The highest BCUT2D eigenvalue weighted by Crippen LogP contribution is 2.39. The summed E-state index contributed by atoms with van der Waals surface area (Å²) in [6.45, 7) is 9.06. The maximum absolute atomic E-state index is 11.9. The lowest BCUT2D eigenvalue weighted by molar-refractivity contribution is 0.0962. The fraction of sp³-hybridized carbons (Fsp3) is 0.611. The summed E-state index contributed by atoms with van der Waals surface area (Å²) >= 11 is 0. The van der Waals surface area contributed by atoms with E-state index in [4.69, 9.17) is 0 Å². The van der Waals surface area contributed by atoms with Gasteiger partial charge in [0.1, 0.15) is 0 Å². The zero-order chi connectivity index (χ0) is 15.6. The van der Waals surface area contributed by atoms with E-state index < -0.39 is 0 Å². The third-order valence-corrected chi connectivity index (χ3v) is 4.55. The number of benzene rings is 1. The molecule has 0 aromatic heterocycles. The molecule has 0 aliphatic heterocycles. The number of hydrogen-bond donors (Lipinski definition) is 2. The average Bonchev–Trinajstić information content (AvgIpc) is 2.38. The molecule has 1 amide bonds. The van der Waals surface area contributed by atoms with Crippen molar-refractivity contribution in [3.05, 3.63) is 29.3 Å². The number of hydrogen-bond acceptors (Lipinski definition) is 2. The molecule has 21 heavy (non-hydrogen) atoms. The molecule has 0 spiro atoms. The minimum absolute atomic E-state index is 0.0199. The third-order valence-electron chi connectivity index (χ3n) is 4.55. The van der Waals surface area contributed by atoms with Crippen LogP contribution in [-0.4, -0.2) is 19.0 Å². The zero-order valence-electron chi connectivity index (χ0n) is 13.9. The first-order chi connectivity index (χ1) is 9.82. The standard InChI is InChI=1S/C18H28N2O/c1-12-9-14(11-18(3,4)10-12)20-16-8-6-7-15(13(16)2)17(21)19-5/h6-8,12,14,20H,9-11H2,1-5H3,(H,19,21). The Bertz CT molecular complexity index is 522. The molecule has 1 aromatic rings. The lowest BCUT2D eigenvalue weighted by Gasteiger charge is -2.40. The van der Waals surface area contributed by atoms with Gasteiger partial charge in [-0.1, -0.05) is 26.8 Å². The van der Waals surface area contributed by atoms with Crippen LogP contribution in [0.4, 0.5) is 5.69 Å². The molecule has 0 radical (unpaired) electrons. The van der Waals surface area contributed by atoms with Gasteiger partial charge >= 0.3 is 0 Å². The number of rotatable bonds is 3. The Balaban J connectivity index is 2.18. The molecule has 2 atom stereocenters. The fourth-order valence-electron chi connectivity index (χ4n) is 3.85. The predicted octanol–water partition coefficient (Wildman–Crippen LogP) is 3.98. The third kappa shape index (κ3) is 3.78. The van der Waals surface area contributed by atoms with Crippen molar-refractivity contribution in [2.75, 3.05) is 12.4 Å². The fourth-order valence-corrected chi connectivity index (χ4v) is 3.85. The molecule has 2 rings (SSSR count). The van der Waals surface area contributed by atoms with Gasteiger partial charge in [-0.25, -0.2) is 0 Å². The van der Waals surface area contributed by atoms with E-state index in [0.29, 0.717) is 11.5 Å². The molecular weight excluding hydrogens is 260 g/mol. The zero-order valence-corrected chi connectivity index (χ0v) is 13.9. The van der Waals surface area contributed by atoms with Crippen LogP contribution in [0.25, 0.3) is 0 Å². The second kappa shape index (κ2) is 6.08. The lowest BCUT2D eigenvalue weighted by atomic mass is 9.70. The predicted molar refractivity (Wildman–Crippen MR) is 88.8 cm³/mol. The summed E-state index contributed by atoms with van der Waals surface area (Å²) in [5.74, 6) is 0.724. The SMILES string of the molecule is CNC(=O)c1cccc(NC2CC(C)CC(C)(C)C2)c1C. The van der Waals surface area contributed by atoms with Gasteiger partial charge < -0.3 is 10.6 Å². The van der Waals surface area contributed by atoms with Gasteiger partial charge in [0.2, 0.25) is 0 Å². The van der Waals surface area contributed by atoms with Crippen molar-refractivity contribution in [3.63, 3.8) is 0 Å². The second-order valence-electron chi connectivity index (χ2n) is 7.31. The van der Waals surface area contributed by atoms with E-state index in [2.05, 4.69) is 37.5 Å². The molecule has 0 bridgehead atoms. The van der Waals surface area contributed by atoms with Crippen molar-refractivity contribution in [1.82, 2.24) is 5.32 Å². The van der Waals surface area contributed by atoms with E-state index in [1.54, 1.807) is 7.05 Å². The van der Waals surface area contributed by atoms with Gasteiger partial charge in [0.25, 0.3) is 5.91 Å². The Hall–Kier alpha value is -1.51. The molecule has 3 heteroatoms. The van der Waals surface area contributed by atoms with Crippen LogP contribution in [0.3, 0.4) is 0 Å². The van der Waals surface area contributed by atoms with Gasteiger partial charge in [-0.3, -0.25) is 4.79 Å². The Morgan fingerprint density at radius 2 is 2.00 bits per heavy atom. The van der Waals surface area contributed by atoms with Crippen LogP contribution >= 0.6 is 0 Å². The van der Waals surface area contributed by atoms with Crippen LogP contribution in [-0.2, 0) is 0 Å². The number of carbonyl (C=O) groups excluding carboxylic acids is 1. The highest BCUT2D eigenvalue weighted by molar-refractivity contribution is 5.96. The molecular formula is C18H28N2O. The number of anilines is 1. The molecule has 1 saturated carbocycles. The molecule has 1 aliphatic rings. The minimum Gasteiger partial charge on any atom is -0.382 e. The van der Waals surface area contributed by atoms with Crippen LogP contribution in [0.2, 0.25) is 0 Å². The summed E-state index contributed by atoms with van der Waals surface area (Å²) in [6.07, 6.45) is 3.68. The summed E-state index contributed by atoms with van der Waals surface area (Å²) in [5, 5.41) is 6.38. The Morgan fingerprint density at radius 1 is 1.29 bits per heavy atom. The van der Waals surface area contributed by atoms with Crippen molar-refractivity contribution in [2.24, 2.45) is 11.3 Å². The quantitative estimate of drug-likeness (QED) is 0.883. The Kier molecular flexibility index (Phi) is 4.60. The molecule has 2 N–H and O–H groups in total. The van der Waals surface area contributed by atoms with Crippen molar-refractivity contribution < 1.29 is 4.79 Å². The van der Waals surface area contributed by atoms with Crippen molar-refractivity contribution in [3.8, 4) is 0 Å². The van der Waals surface area contributed by atoms with Crippen molar-refractivity contribution in [1.29, 1.82) is 0 Å². The summed E-state index contributed by atoms with van der Waals surface area (Å²) < 4.78 is 0. The molecule has 3 nitrogen and oxygen atoms in total. The van der Waals surface area contributed by atoms with Gasteiger partial charge in [0.05, 0.1) is 0 Å². The van der Waals surface area contributed by atoms with E-state index >= 15 is 0 Å². The number of nitrogens with one attached hydrogen (secondary N) is 2. The minimum atomic E-state index is -0.0199. The summed E-state index contributed by atoms with van der Waals surface area (Å²) in [4.78, 5) is 11.9. The molecule has 1 fully saturated rings. The second-order valence-corrected chi connectivity index (χ2v) is 7.31. The normalized spacial score (nSPS) is 24.4. The highest BCUT2D eigenvalue weighted by atomic mass is 16.1. The first-order valence-corrected chi connectivity index (χ1v) is 7.90. The summed E-state index contributed by atoms with van der Waals surface area (Å²) in [5.41, 5.74) is 3.27. The summed E-state index contributed by atoms with van der Waals surface area (Å²) in [7, 11) is 1.67. The average molecular weight is 288 g/mol. The maximum atomic E-state index is 11.9. The first-order valence-electron chi connectivity index (χ1n) is 7.90. The van der Waals surface area contributed by atoms with Crippen LogP contribution in [0.15, 0.2) is 18.2 Å². The van der Waals surface area contributed by atoms with Crippen LogP contribution in [0, 0.1) is 18.3 Å². The monoisotopic (exact) mass is 288 g/mol. The van der Waals surface area contributed by atoms with E-state index in [9.17, 15) is 4.79 Å². The smallest absolute Gasteiger partial charge is 0.251 e. The topological polar surface area (TPSA) is 41.1 Å². The molecule has 0 saturated heterocycles. The van der Waals surface area contributed by atoms with Gasteiger partial charge in [-0.15, -0.1) is 0 Å². The molecule has 0 heterocycles. The van der Waals surface area contributed by atoms with Crippen LogP contribution in [0.5, 0.6) is 0 Å². The Labute approximate surface area is 128 Å². The largest absolute Gasteiger partial charge is 0.382 e. The van der Waals surface area contributed by atoms with E-state index in [0.717, 1.165) is 22.7 Å². The molecule has 1 aliphatic carbocycles. The van der Waals surface area contributed by atoms with E-state index in [1.165, 1.54) is 19.3 Å². The van der Waals surface area contributed by atoms with Gasteiger partial charge in [0, 0.05) is 24.3 Å². The number of amides is 1. The summed E-state index contributed by atoms with van der Waals surface area (Å²) in [6, 6.07) is 6.40. The van der Waals surface area contributed by atoms with Gasteiger partial charge in [-0.2, -0.15) is 0 Å².